The third-order valence-corrected chi connectivity index (χ3v) is 4.59. The van der Waals surface area contributed by atoms with Crippen LogP contribution in [-0.2, 0) is 14.3 Å². The smallest absolute Gasteiger partial charge is 0.251 e. The molecule has 0 aromatic carbocycles. The second kappa shape index (κ2) is 5.49. The van der Waals surface area contributed by atoms with Crippen molar-refractivity contribution in [3.63, 3.8) is 0 Å². The molecule has 0 spiro atoms. The van der Waals surface area contributed by atoms with Gasteiger partial charge in [-0.3, -0.25) is 9.59 Å². The van der Waals surface area contributed by atoms with Crippen molar-refractivity contribution in [3.05, 3.63) is 0 Å². The first-order valence-electron chi connectivity index (χ1n) is 7.44. The Morgan fingerprint density at radius 3 is 2.95 bits per heavy atom. The fourth-order valence-electron chi connectivity index (χ4n) is 3.45. The lowest BCUT2D eigenvalue weighted by molar-refractivity contribution is -0.149. The third kappa shape index (κ3) is 2.76. The Morgan fingerprint density at radius 2 is 2.16 bits per heavy atom. The standard InChI is InChI=1S/C14H22N2O3/c17-13-5-4-10-9-16(7-6-11(10)15-13)14(18)12-3-1-2-8-19-12/h10-12H,1-9H2,(H,15,17). The quantitative estimate of drug-likeness (QED) is 0.759. The molecule has 3 aliphatic heterocycles. The molecule has 2 amide bonds. The van der Waals surface area contributed by atoms with Crippen molar-refractivity contribution in [3.8, 4) is 0 Å². The van der Waals surface area contributed by atoms with Gasteiger partial charge in [-0.2, -0.15) is 0 Å². The number of piperidine rings is 2. The minimum Gasteiger partial charge on any atom is -0.368 e. The number of carbonyl (C=O) groups is 2. The van der Waals surface area contributed by atoms with Gasteiger partial charge in [0.15, 0.2) is 0 Å². The van der Waals surface area contributed by atoms with Gasteiger partial charge in [0.25, 0.3) is 5.91 Å². The SMILES string of the molecule is O=C1CCC2CN(C(=O)C3CCCCO3)CCC2N1. The predicted octanol–water partition coefficient (Wildman–Crippen LogP) is 0.683. The normalized spacial score (nSPS) is 35.5. The molecule has 3 fully saturated rings. The zero-order valence-electron chi connectivity index (χ0n) is 11.3. The van der Waals surface area contributed by atoms with E-state index in [1.807, 2.05) is 4.90 Å². The molecule has 0 aliphatic carbocycles. The Kier molecular flexibility index (Phi) is 3.73. The Morgan fingerprint density at radius 1 is 1.26 bits per heavy atom. The van der Waals surface area contributed by atoms with Gasteiger partial charge in [0.05, 0.1) is 0 Å². The van der Waals surface area contributed by atoms with E-state index < -0.39 is 0 Å². The molecule has 0 radical (unpaired) electrons. The lowest BCUT2D eigenvalue weighted by Gasteiger charge is -2.42. The van der Waals surface area contributed by atoms with Crippen LogP contribution < -0.4 is 5.32 Å². The summed E-state index contributed by atoms with van der Waals surface area (Å²) in [5.74, 6) is 0.755. The van der Waals surface area contributed by atoms with Gasteiger partial charge in [-0.1, -0.05) is 0 Å². The van der Waals surface area contributed by atoms with Gasteiger partial charge in [-0.25, -0.2) is 0 Å². The van der Waals surface area contributed by atoms with Crippen molar-refractivity contribution in [2.45, 2.75) is 50.7 Å². The van der Waals surface area contributed by atoms with Crippen molar-refractivity contribution in [2.24, 2.45) is 5.92 Å². The summed E-state index contributed by atoms with van der Waals surface area (Å²) in [6.07, 6.45) is 5.19. The fourth-order valence-corrected chi connectivity index (χ4v) is 3.45. The number of rotatable bonds is 1. The number of likely N-dealkylation sites (tertiary alicyclic amines) is 1. The van der Waals surface area contributed by atoms with Crippen LogP contribution in [0.2, 0.25) is 0 Å². The number of amides is 2. The Bertz CT molecular complexity index is 366. The van der Waals surface area contributed by atoms with E-state index in [1.165, 1.54) is 0 Å². The molecule has 0 aromatic heterocycles. The van der Waals surface area contributed by atoms with Crippen LogP contribution in [0, 0.1) is 5.92 Å². The van der Waals surface area contributed by atoms with Crippen molar-refractivity contribution in [1.82, 2.24) is 10.2 Å². The van der Waals surface area contributed by atoms with Crippen molar-refractivity contribution in [2.75, 3.05) is 19.7 Å². The molecule has 0 aromatic rings. The van der Waals surface area contributed by atoms with E-state index >= 15 is 0 Å². The molecule has 3 unspecified atom stereocenters. The Hall–Kier alpha value is -1.10. The maximum absolute atomic E-state index is 12.4. The second-order valence-electron chi connectivity index (χ2n) is 5.90. The first kappa shape index (κ1) is 12.9. The van der Waals surface area contributed by atoms with Gasteiger partial charge in [-0.05, 0) is 38.0 Å². The number of carbonyl (C=O) groups excluding carboxylic acids is 2. The fraction of sp³-hybridized carbons (Fsp3) is 0.857. The van der Waals surface area contributed by atoms with Gasteiger partial charge in [0.1, 0.15) is 6.10 Å². The highest BCUT2D eigenvalue weighted by Gasteiger charge is 2.37. The van der Waals surface area contributed by atoms with Crippen LogP contribution in [0.1, 0.15) is 38.5 Å². The lowest BCUT2D eigenvalue weighted by Crippen LogP contribution is -2.56. The van der Waals surface area contributed by atoms with E-state index in [-0.39, 0.29) is 24.0 Å². The third-order valence-electron chi connectivity index (χ3n) is 4.59. The summed E-state index contributed by atoms with van der Waals surface area (Å²) in [7, 11) is 0. The number of hydrogen-bond donors (Lipinski definition) is 1. The molecule has 5 heteroatoms. The molecule has 1 N–H and O–H groups in total. The zero-order chi connectivity index (χ0) is 13.2. The predicted molar refractivity (Wildman–Crippen MR) is 69.4 cm³/mol. The number of hydrogen-bond acceptors (Lipinski definition) is 3. The van der Waals surface area contributed by atoms with E-state index in [1.54, 1.807) is 0 Å². The van der Waals surface area contributed by atoms with Crippen LogP contribution in [0.15, 0.2) is 0 Å². The molecular weight excluding hydrogens is 244 g/mol. The average Bonchev–Trinajstić information content (AvgIpc) is 2.47. The van der Waals surface area contributed by atoms with Gasteiger partial charge in [0.2, 0.25) is 5.91 Å². The number of nitrogens with one attached hydrogen (secondary N) is 1. The lowest BCUT2D eigenvalue weighted by atomic mass is 9.85. The Labute approximate surface area is 113 Å². The van der Waals surface area contributed by atoms with Crippen LogP contribution in [0.25, 0.3) is 0 Å². The second-order valence-corrected chi connectivity index (χ2v) is 5.90. The van der Waals surface area contributed by atoms with Gasteiger partial charge in [-0.15, -0.1) is 0 Å². The topological polar surface area (TPSA) is 58.6 Å². The minimum atomic E-state index is -0.219. The summed E-state index contributed by atoms with van der Waals surface area (Å²) < 4.78 is 5.59. The summed E-state index contributed by atoms with van der Waals surface area (Å²) in [6.45, 7) is 2.25. The number of ether oxygens (including phenoxy) is 1. The molecule has 3 rings (SSSR count). The van der Waals surface area contributed by atoms with Gasteiger partial charge >= 0.3 is 0 Å². The molecule has 19 heavy (non-hydrogen) atoms. The highest BCUT2D eigenvalue weighted by atomic mass is 16.5. The van der Waals surface area contributed by atoms with Crippen LogP contribution in [0.3, 0.4) is 0 Å². The van der Waals surface area contributed by atoms with E-state index in [9.17, 15) is 9.59 Å². The van der Waals surface area contributed by atoms with Crippen LogP contribution >= 0.6 is 0 Å². The molecule has 3 heterocycles. The van der Waals surface area contributed by atoms with E-state index in [2.05, 4.69) is 5.32 Å². The first-order valence-corrected chi connectivity index (χ1v) is 7.44. The molecular formula is C14H22N2O3. The van der Waals surface area contributed by atoms with Crippen LogP contribution in [-0.4, -0.2) is 48.6 Å². The van der Waals surface area contributed by atoms with E-state index in [4.69, 9.17) is 4.74 Å². The molecule has 3 saturated heterocycles. The molecule has 0 bridgehead atoms. The summed E-state index contributed by atoms with van der Waals surface area (Å²) in [4.78, 5) is 25.7. The maximum atomic E-state index is 12.4. The maximum Gasteiger partial charge on any atom is 0.251 e. The van der Waals surface area contributed by atoms with E-state index in [0.29, 0.717) is 18.9 Å². The Balaban J connectivity index is 1.58. The molecule has 3 aliphatic rings. The summed E-state index contributed by atoms with van der Waals surface area (Å²) in [5, 5.41) is 3.05. The van der Waals surface area contributed by atoms with E-state index in [0.717, 1.165) is 45.2 Å². The van der Waals surface area contributed by atoms with Crippen LogP contribution in [0.5, 0.6) is 0 Å². The van der Waals surface area contributed by atoms with Crippen molar-refractivity contribution in [1.29, 1.82) is 0 Å². The van der Waals surface area contributed by atoms with Gasteiger partial charge < -0.3 is 15.0 Å². The highest BCUT2D eigenvalue weighted by Crippen LogP contribution is 2.26. The zero-order valence-corrected chi connectivity index (χ0v) is 11.3. The van der Waals surface area contributed by atoms with Gasteiger partial charge in [0, 0.05) is 32.2 Å². The molecule has 3 atom stereocenters. The summed E-state index contributed by atoms with van der Waals surface area (Å²) in [5.41, 5.74) is 0. The summed E-state index contributed by atoms with van der Waals surface area (Å²) in [6, 6.07) is 0.276. The average molecular weight is 266 g/mol. The molecule has 106 valence electrons. The largest absolute Gasteiger partial charge is 0.368 e. The van der Waals surface area contributed by atoms with Crippen molar-refractivity contribution < 1.29 is 14.3 Å². The number of nitrogens with zero attached hydrogens (tertiary/aromatic N) is 1. The number of fused-ring (bicyclic) bond motifs is 1. The van der Waals surface area contributed by atoms with Crippen molar-refractivity contribution >= 4 is 11.8 Å². The van der Waals surface area contributed by atoms with Crippen LogP contribution in [0.4, 0.5) is 0 Å². The minimum absolute atomic E-state index is 0.162. The molecule has 0 saturated carbocycles. The summed E-state index contributed by atoms with van der Waals surface area (Å²) >= 11 is 0. The first-order chi connectivity index (χ1) is 9.24. The monoisotopic (exact) mass is 266 g/mol. The highest BCUT2D eigenvalue weighted by molar-refractivity contribution is 5.81. The molecule has 5 nitrogen and oxygen atoms in total.